The van der Waals surface area contributed by atoms with E-state index in [0.717, 1.165) is 6.08 Å². The van der Waals surface area contributed by atoms with Crippen LogP contribution in [0.25, 0.3) is 0 Å². The smallest absolute Gasteiger partial charge is 0.339 e. The number of carboxylic acids is 1. The van der Waals surface area contributed by atoms with Gasteiger partial charge < -0.3 is 10.2 Å². The molecule has 2 atom stereocenters. The van der Waals surface area contributed by atoms with Crippen molar-refractivity contribution in [2.45, 2.75) is 10.3 Å². The summed E-state index contributed by atoms with van der Waals surface area (Å²) in [6, 6.07) is 3.27. The van der Waals surface area contributed by atoms with Gasteiger partial charge in [0.15, 0.2) is 5.78 Å². The van der Waals surface area contributed by atoms with E-state index in [9.17, 15) is 14.7 Å². The van der Waals surface area contributed by atoms with Crippen LogP contribution in [0.5, 0.6) is 0 Å². The van der Waals surface area contributed by atoms with Crippen LogP contribution in [-0.2, 0) is 4.79 Å². The number of carbonyl (C=O) groups is 2. The number of halogens is 2. The number of rotatable bonds is 3. The molecule has 1 aliphatic carbocycles. The first kappa shape index (κ1) is 14.1. The SMILES string of the molecule is O=C(O)C1=C(O)C(Cl)C(Cl)(C(=O)c2cccs2)C=C1. The van der Waals surface area contributed by atoms with Crippen LogP contribution in [0.3, 0.4) is 0 Å². The maximum absolute atomic E-state index is 12.3. The highest BCUT2D eigenvalue weighted by atomic mass is 35.5. The van der Waals surface area contributed by atoms with Crippen LogP contribution in [0.15, 0.2) is 41.0 Å². The Morgan fingerprint density at radius 3 is 2.63 bits per heavy atom. The number of Topliss-reactive ketones (excluding diaryl/α,β-unsaturated/α-hetero) is 1. The Balaban J connectivity index is 2.41. The second-order valence-electron chi connectivity index (χ2n) is 3.87. The van der Waals surface area contributed by atoms with E-state index >= 15 is 0 Å². The number of ketones is 1. The second kappa shape index (κ2) is 5.00. The summed E-state index contributed by atoms with van der Waals surface area (Å²) < 4.78 is 0. The Hall–Kier alpha value is -1.30. The van der Waals surface area contributed by atoms with Crippen molar-refractivity contribution in [3.63, 3.8) is 0 Å². The summed E-state index contributed by atoms with van der Waals surface area (Å²) >= 11 is 13.3. The van der Waals surface area contributed by atoms with Crippen molar-refractivity contribution in [2.75, 3.05) is 0 Å². The first-order valence-corrected chi connectivity index (χ1v) is 6.84. The third-order valence-electron chi connectivity index (χ3n) is 2.70. The first-order chi connectivity index (χ1) is 8.88. The minimum absolute atomic E-state index is 0.366. The van der Waals surface area contributed by atoms with Crippen LogP contribution in [0.2, 0.25) is 0 Å². The van der Waals surface area contributed by atoms with E-state index in [0.29, 0.717) is 4.88 Å². The normalized spacial score (nSPS) is 26.5. The maximum Gasteiger partial charge on any atom is 0.339 e. The Kier molecular flexibility index (Phi) is 3.71. The van der Waals surface area contributed by atoms with Gasteiger partial charge in [-0.2, -0.15) is 0 Å². The second-order valence-corrected chi connectivity index (χ2v) is 5.88. The van der Waals surface area contributed by atoms with Crippen LogP contribution in [0, 0.1) is 0 Å². The molecule has 19 heavy (non-hydrogen) atoms. The van der Waals surface area contributed by atoms with E-state index in [2.05, 4.69) is 0 Å². The molecule has 0 bridgehead atoms. The van der Waals surface area contributed by atoms with Gasteiger partial charge in [0.1, 0.15) is 16.0 Å². The lowest BCUT2D eigenvalue weighted by Crippen LogP contribution is -2.43. The van der Waals surface area contributed by atoms with Crippen LogP contribution in [0.4, 0.5) is 0 Å². The lowest BCUT2D eigenvalue weighted by Gasteiger charge is -2.29. The highest BCUT2D eigenvalue weighted by Crippen LogP contribution is 2.39. The molecule has 0 saturated carbocycles. The van der Waals surface area contributed by atoms with Gasteiger partial charge in [0.05, 0.1) is 10.5 Å². The fourth-order valence-electron chi connectivity index (χ4n) is 1.68. The summed E-state index contributed by atoms with van der Waals surface area (Å²) in [4.78, 5) is 21.8. The number of aliphatic hydroxyl groups excluding tert-OH is 1. The van der Waals surface area contributed by atoms with Crippen molar-refractivity contribution in [3.05, 3.63) is 45.9 Å². The predicted molar refractivity (Wildman–Crippen MR) is 73.3 cm³/mol. The van der Waals surface area contributed by atoms with Gasteiger partial charge in [0, 0.05) is 0 Å². The molecule has 0 spiro atoms. The molecule has 1 heterocycles. The fraction of sp³-hybridized carbons (Fsp3) is 0.167. The number of thiophene rings is 1. The van der Waals surface area contributed by atoms with E-state index < -0.39 is 27.8 Å². The number of hydrogen-bond acceptors (Lipinski definition) is 4. The van der Waals surface area contributed by atoms with Gasteiger partial charge in [-0.3, -0.25) is 4.79 Å². The van der Waals surface area contributed by atoms with Gasteiger partial charge in [-0.25, -0.2) is 4.79 Å². The zero-order valence-corrected chi connectivity index (χ0v) is 11.7. The monoisotopic (exact) mass is 318 g/mol. The first-order valence-electron chi connectivity index (χ1n) is 5.15. The van der Waals surface area contributed by atoms with Crippen molar-refractivity contribution in [1.29, 1.82) is 0 Å². The molecule has 0 aliphatic heterocycles. The standard InChI is InChI=1S/C12H8Cl2O4S/c13-9-8(15)6(11(17)18)3-4-12(9,14)10(16)7-2-1-5-19-7/h1-5,9,15H,(H,17,18). The molecule has 2 unspecified atom stereocenters. The van der Waals surface area contributed by atoms with Gasteiger partial charge in [0.2, 0.25) is 0 Å². The van der Waals surface area contributed by atoms with Gasteiger partial charge in [0.25, 0.3) is 0 Å². The molecule has 0 radical (unpaired) electrons. The summed E-state index contributed by atoms with van der Waals surface area (Å²) in [6.45, 7) is 0. The third kappa shape index (κ3) is 2.29. The molecule has 0 saturated heterocycles. The summed E-state index contributed by atoms with van der Waals surface area (Å²) in [7, 11) is 0. The minimum Gasteiger partial charge on any atom is -0.510 e. The Morgan fingerprint density at radius 1 is 1.42 bits per heavy atom. The molecule has 1 aromatic rings. The number of aliphatic carboxylic acids is 1. The molecule has 7 heteroatoms. The van der Waals surface area contributed by atoms with Crippen molar-refractivity contribution >= 4 is 46.3 Å². The Morgan fingerprint density at radius 2 is 2.11 bits per heavy atom. The van der Waals surface area contributed by atoms with Crippen LogP contribution in [-0.4, -0.2) is 32.2 Å². The molecule has 4 nitrogen and oxygen atoms in total. The number of allylic oxidation sites excluding steroid dienone is 2. The molecule has 1 aromatic heterocycles. The predicted octanol–water partition coefficient (Wildman–Crippen LogP) is 2.98. The third-order valence-corrected chi connectivity index (χ3v) is 4.75. The molecule has 0 amide bonds. The van der Waals surface area contributed by atoms with E-state index in [4.69, 9.17) is 28.3 Å². The van der Waals surface area contributed by atoms with Crippen LogP contribution >= 0.6 is 34.5 Å². The zero-order valence-electron chi connectivity index (χ0n) is 9.34. The molecule has 2 rings (SSSR count). The van der Waals surface area contributed by atoms with E-state index in [1.54, 1.807) is 17.5 Å². The summed E-state index contributed by atoms with van der Waals surface area (Å²) in [5.74, 6) is -2.42. The Bertz CT molecular complexity index is 591. The lowest BCUT2D eigenvalue weighted by atomic mass is 9.89. The largest absolute Gasteiger partial charge is 0.510 e. The average Bonchev–Trinajstić information content (AvgIpc) is 2.88. The van der Waals surface area contributed by atoms with Crippen LogP contribution in [0.1, 0.15) is 9.67 Å². The highest BCUT2D eigenvalue weighted by molar-refractivity contribution is 7.12. The van der Waals surface area contributed by atoms with Gasteiger partial charge in [-0.1, -0.05) is 12.1 Å². The molecular formula is C12H8Cl2O4S. The van der Waals surface area contributed by atoms with Crippen LogP contribution < -0.4 is 0 Å². The zero-order chi connectivity index (χ0) is 14.2. The van der Waals surface area contributed by atoms with Gasteiger partial charge >= 0.3 is 5.97 Å². The number of carboxylic acid groups (broad SMARTS) is 1. The lowest BCUT2D eigenvalue weighted by molar-refractivity contribution is -0.132. The molecule has 0 aromatic carbocycles. The van der Waals surface area contributed by atoms with E-state index in [1.807, 2.05) is 0 Å². The van der Waals surface area contributed by atoms with Crippen molar-refractivity contribution in [3.8, 4) is 0 Å². The number of hydrogen-bond donors (Lipinski definition) is 2. The molecule has 2 N–H and O–H groups in total. The van der Waals surface area contributed by atoms with Crippen molar-refractivity contribution < 1.29 is 19.8 Å². The summed E-state index contributed by atoms with van der Waals surface area (Å²) in [6.07, 6.45) is 2.30. The van der Waals surface area contributed by atoms with Gasteiger partial charge in [-0.15, -0.1) is 34.5 Å². The topological polar surface area (TPSA) is 74.6 Å². The van der Waals surface area contributed by atoms with Crippen molar-refractivity contribution in [1.82, 2.24) is 0 Å². The maximum atomic E-state index is 12.3. The van der Waals surface area contributed by atoms with Crippen molar-refractivity contribution in [2.24, 2.45) is 0 Å². The number of aliphatic hydroxyl groups is 1. The van der Waals surface area contributed by atoms with E-state index in [1.165, 1.54) is 17.4 Å². The number of carbonyl (C=O) groups excluding carboxylic acids is 1. The van der Waals surface area contributed by atoms with Gasteiger partial charge in [-0.05, 0) is 17.5 Å². The Labute approximate surface area is 122 Å². The summed E-state index contributed by atoms with van der Waals surface area (Å²) in [5, 5.41) is 19.0. The molecular weight excluding hydrogens is 311 g/mol. The molecule has 0 fully saturated rings. The highest BCUT2D eigenvalue weighted by Gasteiger charge is 2.47. The fourth-order valence-corrected chi connectivity index (χ4v) is 3.03. The minimum atomic E-state index is -1.69. The molecule has 100 valence electrons. The average molecular weight is 319 g/mol. The summed E-state index contributed by atoms with van der Waals surface area (Å²) in [5.41, 5.74) is -0.366. The van der Waals surface area contributed by atoms with E-state index in [-0.39, 0.29) is 5.57 Å². The number of alkyl halides is 2. The quantitative estimate of drug-likeness (QED) is 0.663. The molecule has 1 aliphatic rings.